The van der Waals surface area contributed by atoms with Gasteiger partial charge in [0, 0.05) is 12.7 Å². The molecule has 0 saturated carbocycles. The third-order valence-corrected chi connectivity index (χ3v) is 1.83. The zero-order valence-corrected chi connectivity index (χ0v) is 8.11. The van der Waals surface area contributed by atoms with Gasteiger partial charge in [0.15, 0.2) is 0 Å². The van der Waals surface area contributed by atoms with Crippen LogP contribution in [0.1, 0.15) is 10.4 Å². The number of aromatic nitrogens is 1. The summed E-state index contributed by atoms with van der Waals surface area (Å²) >= 11 is 0. The molecule has 1 atom stereocenters. The summed E-state index contributed by atoms with van der Waals surface area (Å²) in [5, 5.41) is 10.8. The number of amides is 1. The van der Waals surface area contributed by atoms with Crippen molar-refractivity contribution in [1.82, 2.24) is 10.3 Å². The van der Waals surface area contributed by atoms with E-state index in [1.54, 1.807) is 0 Å². The molecule has 0 aliphatic carbocycles. The minimum atomic E-state index is -2.94. The van der Waals surface area contributed by atoms with Gasteiger partial charge in [-0.3, -0.25) is 9.59 Å². The number of carbonyl (C=O) groups is 1. The molecule has 3 N–H and O–H groups in total. The predicted molar refractivity (Wildman–Crippen MR) is 51.4 cm³/mol. The number of nitrogens with one attached hydrogen (secondary N) is 2. The van der Waals surface area contributed by atoms with Crippen LogP contribution in [0.4, 0.5) is 8.78 Å². The molecule has 1 heterocycles. The van der Waals surface area contributed by atoms with Crippen molar-refractivity contribution < 1.29 is 18.7 Å². The first-order chi connectivity index (χ1) is 7.52. The molecule has 7 heteroatoms. The fourth-order valence-electron chi connectivity index (χ4n) is 0.982. The van der Waals surface area contributed by atoms with E-state index < -0.39 is 30.5 Å². The van der Waals surface area contributed by atoms with E-state index in [0.717, 1.165) is 0 Å². The van der Waals surface area contributed by atoms with Crippen LogP contribution in [-0.4, -0.2) is 35.1 Å². The summed E-state index contributed by atoms with van der Waals surface area (Å²) in [6, 6.07) is 2.68. The van der Waals surface area contributed by atoms with Crippen molar-refractivity contribution >= 4 is 5.91 Å². The monoisotopic (exact) mass is 232 g/mol. The van der Waals surface area contributed by atoms with E-state index in [1.807, 2.05) is 5.32 Å². The lowest BCUT2D eigenvalue weighted by molar-refractivity contribution is -0.00271. The first-order valence-electron chi connectivity index (χ1n) is 4.44. The standard InChI is InChI=1S/C9H10F2N2O3/c10-7(11)6(14)4-13-9(16)5-2-1-3-12-8(5)15/h1-3,6-7,14H,4H2,(H,12,15)(H,13,16). The molecule has 0 aliphatic rings. The lowest BCUT2D eigenvalue weighted by Gasteiger charge is -2.10. The van der Waals surface area contributed by atoms with Gasteiger partial charge in [-0.05, 0) is 12.1 Å². The number of aromatic amines is 1. The predicted octanol–water partition coefficient (Wildman–Crippen LogP) is -0.269. The highest BCUT2D eigenvalue weighted by atomic mass is 19.3. The van der Waals surface area contributed by atoms with Gasteiger partial charge in [-0.2, -0.15) is 0 Å². The zero-order chi connectivity index (χ0) is 12.1. The zero-order valence-electron chi connectivity index (χ0n) is 8.11. The fraction of sp³-hybridized carbons (Fsp3) is 0.333. The normalized spacial score (nSPS) is 12.5. The van der Waals surface area contributed by atoms with Crippen molar-refractivity contribution in [1.29, 1.82) is 0 Å². The largest absolute Gasteiger partial charge is 0.385 e. The molecule has 0 aliphatic heterocycles. The SMILES string of the molecule is O=C(NCC(O)C(F)F)c1ccc[nH]c1=O. The van der Waals surface area contributed by atoms with Crippen molar-refractivity contribution in [2.75, 3.05) is 6.54 Å². The molecule has 1 aromatic heterocycles. The van der Waals surface area contributed by atoms with Crippen molar-refractivity contribution in [2.24, 2.45) is 0 Å². The highest BCUT2D eigenvalue weighted by molar-refractivity contribution is 5.93. The molecule has 16 heavy (non-hydrogen) atoms. The van der Waals surface area contributed by atoms with Gasteiger partial charge in [-0.1, -0.05) is 0 Å². The minimum absolute atomic E-state index is 0.191. The van der Waals surface area contributed by atoms with E-state index >= 15 is 0 Å². The van der Waals surface area contributed by atoms with Crippen molar-refractivity contribution in [3.63, 3.8) is 0 Å². The van der Waals surface area contributed by atoms with E-state index in [9.17, 15) is 18.4 Å². The van der Waals surface area contributed by atoms with Crippen molar-refractivity contribution in [3.8, 4) is 0 Å². The van der Waals surface area contributed by atoms with Crippen molar-refractivity contribution in [3.05, 3.63) is 34.2 Å². The summed E-state index contributed by atoms with van der Waals surface area (Å²) < 4.78 is 23.8. The van der Waals surface area contributed by atoms with Crippen LogP contribution in [0.3, 0.4) is 0 Å². The summed E-state index contributed by atoms with van der Waals surface area (Å²) in [6.07, 6.45) is -3.53. The molecule has 0 bridgehead atoms. The number of rotatable bonds is 4. The van der Waals surface area contributed by atoms with Gasteiger partial charge in [0.25, 0.3) is 17.9 Å². The second kappa shape index (κ2) is 5.36. The quantitative estimate of drug-likeness (QED) is 0.668. The van der Waals surface area contributed by atoms with Gasteiger partial charge in [-0.25, -0.2) is 8.78 Å². The van der Waals surface area contributed by atoms with Crippen molar-refractivity contribution in [2.45, 2.75) is 12.5 Å². The summed E-state index contributed by atoms with van der Waals surface area (Å²) in [5.41, 5.74) is -0.810. The van der Waals surface area contributed by atoms with Gasteiger partial charge in [0.1, 0.15) is 11.7 Å². The molecule has 1 rings (SSSR count). The average Bonchev–Trinajstić information content (AvgIpc) is 2.25. The van der Waals surface area contributed by atoms with Crippen LogP contribution < -0.4 is 10.9 Å². The molecule has 0 radical (unpaired) electrons. The Morgan fingerprint density at radius 1 is 1.56 bits per heavy atom. The van der Waals surface area contributed by atoms with E-state index in [-0.39, 0.29) is 5.56 Å². The topological polar surface area (TPSA) is 82.2 Å². The first kappa shape index (κ1) is 12.3. The molecular weight excluding hydrogens is 222 g/mol. The summed E-state index contributed by atoms with van der Waals surface area (Å²) in [7, 11) is 0. The Kier molecular flexibility index (Phi) is 4.12. The average molecular weight is 232 g/mol. The van der Waals surface area contributed by atoms with E-state index in [4.69, 9.17) is 5.11 Å². The summed E-state index contributed by atoms with van der Waals surface area (Å²) in [4.78, 5) is 24.7. The number of halogens is 2. The molecule has 0 aromatic carbocycles. The third-order valence-electron chi connectivity index (χ3n) is 1.83. The van der Waals surface area contributed by atoms with Gasteiger partial charge in [0.2, 0.25) is 0 Å². The Bertz CT molecular complexity index is 419. The van der Waals surface area contributed by atoms with Crippen LogP contribution in [-0.2, 0) is 0 Å². The molecule has 1 amide bonds. The maximum atomic E-state index is 11.9. The van der Waals surface area contributed by atoms with E-state index in [0.29, 0.717) is 0 Å². The third kappa shape index (κ3) is 3.13. The lowest BCUT2D eigenvalue weighted by Crippen LogP contribution is -2.37. The second-order valence-corrected chi connectivity index (χ2v) is 3.02. The Labute approximate surface area is 89.1 Å². The van der Waals surface area contributed by atoms with Crippen LogP contribution in [0.2, 0.25) is 0 Å². The Morgan fingerprint density at radius 2 is 2.25 bits per heavy atom. The number of pyridine rings is 1. The maximum Gasteiger partial charge on any atom is 0.265 e. The highest BCUT2D eigenvalue weighted by Crippen LogP contribution is 1.99. The van der Waals surface area contributed by atoms with Crippen LogP contribution in [0.15, 0.2) is 23.1 Å². The Hall–Kier alpha value is -1.76. The van der Waals surface area contributed by atoms with E-state index in [2.05, 4.69) is 4.98 Å². The fourth-order valence-corrected chi connectivity index (χ4v) is 0.982. The molecule has 5 nitrogen and oxygen atoms in total. The van der Waals surface area contributed by atoms with E-state index in [1.165, 1.54) is 18.3 Å². The van der Waals surface area contributed by atoms with Gasteiger partial charge in [-0.15, -0.1) is 0 Å². The molecular formula is C9H10F2N2O3. The maximum absolute atomic E-state index is 11.9. The van der Waals surface area contributed by atoms with Crippen LogP contribution in [0, 0.1) is 0 Å². The Morgan fingerprint density at radius 3 is 2.81 bits per heavy atom. The molecule has 0 fully saturated rings. The number of hydrogen-bond donors (Lipinski definition) is 3. The molecule has 1 aromatic rings. The van der Waals surface area contributed by atoms with Gasteiger partial charge in [0.05, 0.1) is 0 Å². The number of alkyl halides is 2. The van der Waals surface area contributed by atoms with Crippen LogP contribution in [0.5, 0.6) is 0 Å². The second-order valence-electron chi connectivity index (χ2n) is 3.02. The first-order valence-corrected chi connectivity index (χ1v) is 4.44. The van der Waals surface area contributed by atoms with Crippen LogP contribution in [0.25, 0.3) is 0 Å². The summed E-state index contributed by atoms with van der Waals surface area (Å²) in [6.45, 7) is -0.606. The highest BCUT2D eigenvalue weighted by Gasteiger charge is 2.18. The number of aliphatic hydroxyl groups excluding tert-OH is 1. The molecule has 88 valence electrons. The molecule has 1 unspecified atom stereocenters. The molecule has 0 spiro atoms. The summed E-state index contributed by atoms with van der Waals surface area (Å²) in [5.74, 6) is -0.804. The molecule has 0 saturated heterocycles. The smallest absolute Gasteiger partial charge is 0.265 e. The number of aliphatic hydroxyl groups is 1. The Balaban J connectivity index is 2.61. The van der Waals surface area contributed by atoms with Gasteiger partial charge >= 0.3 is 0 Å². The van der Waals surface area contributed by atoms with Gasteiger partial charge < -0.3 is 15.4 Å². The minimum Gasteiger partial charge on any atom is -0.385 e. The number of carbonyl (C=O) groups excluding carboxylic acids is 1. The lowest BCUT2D eigenvalue weighted by atomic mass is 10.2. The number of hydrogen-bond acceptors (Lipinski definition) is 3. The number of H-pyrrole nitrogens is 1. The van der Waals surface area contributed by atoms with Crippen LogP contribution >= 0.6 is 0 Å².